The zero-order valence-corrected chi connectivity index (χ0v) is 14.6. The number of rotatable bonds is 4. The van der Waals surface area contributed by atoms with Gasteiger partial charge in [0, 0.05) is 32.0 Å². The van der Waals surface area contributed by atoms with Crippen molar-refractivity contribution in [1.82, 2.24) is 10.2 Å². The fraction of sp³-hybridized carbons (Fsp3) is 0.579. The molecule has 130 valence electrons. The molecule has 1 aliphatic heterocycles. The van der Waals surface area contributed by atoms with Gasteiger partial charge < -0.3 is 10.1 Å². The Labute approximate surface area is 143 Å². The number of methoxy groups -OCH3 is 1. The van der Waals surface area contributed by atoms with Crippen LogP contribution in [-0.2, 0) is 14.3 Å². The highest BCUT2D eigenvalue weighted by Gasteiger charge is 2.57. The van der Waals surface area contributed by atoms with Gasteiger partial charge in [-0.3, -0.25) is 9.69 Å². The second-order valence-corrected chi connectivity index (χ2v) is 7.19. The van der Waals surface area contributed by atoms with Crippen LogP contribution in [0.5, 0.6) is 0 Å². The molecule has 3 rings (SSSR count). The first-order valence-corrected chi connectivity index (χ1v) is 8.62. The number of hydrogen-bond acceptors (Lipinski definition) is 4. The lowest BCUT2D eigenvalue weighted by Crippen LogP contribution is -2.58. The second-order valence-electron chi connectivity index (χ2n) is 7.19. The van der Waals surface area contributed by atoms with Gasteiger partial charge in [-0.1, -0.05) is 30.3 Å². The van der Waals surface area contributed by atoms with Crippen molar-refractivity contribution in [1.29, 1.82) is 0 Å². The SMILES string of the molecule is COC(=O)[C@@]1(NC(C)=O)C[C@@H]2C[C@H]1CN([C@H](C)c1ccccc1)C2. The molecule has 2 bridgehead atoms. The Kier molecular flexibility index (Phi) is 4.63. The standard InChI is InChI=1S/C19H26N2O3/c1-13(16-7-5-4-6-8-16)21-11-15-9-17(12-21)19(10-15,18(23)24-3)20-14(2)22/h4-8,13,15,17H,9-12H2,1-3H3,(H,20,22)/t13-,15+,17+,19-/m1/s1. The average molecular weight is 330 g/mol. The van der Waals surface area contributed by atoms with Crippen LogP contribution < -0.4 is 5.32 Å². The molecule has 0 unspecified atom stereocenters. The van der Waals surface area contributed by atoms with Crippen LogP contribution in [0.3, 0.4) is 0 Å². The fourth-order valence-electron chi connectivity index (χ4n) is 4.58. The summed E-state index contributed by atoms with van der Waals surface area (Å²) in [5.74, 6) is 0.0228. The van der Waals surface area contributed by atoms with E-state index in [-0.39, 0.29) is 17.8 Å². The van der Waals surface area contributed by atoms with E-state index in [1.54, 1.807) is 0 Å². The third-order valence-corrected chi connectivity index (χ3v) is 5.65. The van der Waals surface area contributed by atoms with E-state index in [1.807, 2.05) is 6.07 Å². The number of hydrogen-bond donors (Lipinski definition) is 1. The summed E-state index contributed by atoms with van der Waals surface area (Å²) >= 11 is 0. The summed E-state index contributed by atoms with van der Waals surface area (Å²) < 4.78 is 5.05. The summed E-state index contributed by atoms with van der Waals surface area (Å²) in [4.78, 5) is 26.7. The average Bonchev–Trinajstić information content (AvgIpc) is 2.84. The molecule has 2 aliphatic rings. The highest BCUT2D eigenvalue weighted by atomic mass is 16.5. The molecule has 5 nitrogen and oxygen atoms in total. The van der Waals surface area contributed by atoms with Crippen molar-refractivity contribution in [3.8, 4) is 0 Å². The molecule has 1 aliphatic carbocycles. The van der Waals surface area contributed by atoms with E-state index in [2.05, 4.69) is 41.4 Å². The van der Waals surface area contributed by atoms with E-state index < -0.39 is 5.54 Å². The number of nitrogens with zero attached hydrogens (tertiary/aromatic N) is 1. The minimum Gasteiger partial charge on any atom is -0.467 e. The molecule has 1 saturated heterocycles. The summed E-state index contributed by atoms with van der Waals surface area (Å²) in [7, 11) is 1.40. The zero-order valence-electron chi connectivity index (χ0n) is 14.6. The first-order chi connectivity index (χ1) is 11.5. The highest BCUT2D eigenvalue weighted by molar-refractivity contribution is 5.88. The third-order valence-electron chi connectivity index (χ3n) is 5.65. The summed E-state index contributed by atoms with van der Waals surface area (Å²) in [6, 6.07) is 10.7. The maximum Gasteiger partial charge on any atom is 0.331 e. The van der Waals surface area contributed by atoms with Gasteiger partial charge in [0.05, 0.1) is 7.11 Å². The van der Waals surface area contributed by atoms with Gasteiger partial charge in [0.2, 0.25) is 5.91 Å². The van der Waals surface area contributed by atoms with Gasteiger partial charge in [0.25, 0.3) is 0 Å². The van der Waals surface area contributed by atoms with Crippen molar-refractivity contribution in [2.45, 2.75) is 38.3 Å². The van der Waals surface area contributed by atoms with Crippen molar-refractivity contribution < 1.29 is 14.3 Å². The van der Waals surface area contributed by atoms with Crippen molar-refractivity contribution in [3.05, 3.63) is 35.9 Å². The zero-order chi connectivity index (χ0) is 17.3. The number of carbonyl (C=O) groups is 2. The lowest BCUT2D eigenvalue weighted by molar-refractivity contribution is -0.152. The number of piperidine rings is 1. The van der Waals surface area contributed by atoms with E-state index in [1.165, 1.54) is 19.6 Å². The van der Waals surface area contributed by atoms with Gasteiger partial charge in [0.1, 0.15) is 5.54 Å². The monoisotopic (exact) mass is 330 g/mol. The van der Waals surface area contributed by atoms with Gasteiger partial charge >= 0.3 is 5.97 Å². The molecule has 0 aromatic heterocycles. The van der Waals surface area contributed by atoms with Crippen molar-refractivity contribution in [2.24, 2.45) is 11.8 Å². The van der Waals surface area contributed by atoms with Crippen molar-refractivity contribution >= 4 is 11.9 Å². The van der Waals surface area contributed by atoms with E-state index in [9.17, 15) is 9.59 Å². The van der Waals surface area contributed by atoms with Crippen LogP contribution in [0, 0.1) is 11.8 Å². The second kappa shape index (κ2) is 6.55. The van der Waals surface area contributed by atoms with Crippen LogP contribution in [0.1, 0.15) is 38.3 Å². The number of esters is 1. The van der Waals surface area contributed by atoms with Crippen LogP contribution in [0.25, 0.3) is 0 Å². The summed E-state index contributed by atoms with van der Waals surface area (Å²) in [5.41, 5.74) is 0.415. The molecule has 0 spiro atoms. The Hall–Kier alpha value is -1.88. The minimum absolute atomic E-state index is 0.0961. The number of likely N-dealkylation sites (tertiary alicyclic amines) is 1. The lowest BCUT2D eigenvalue weighted by Gasteiger charge is -2.39. The third kappa shape index (κ3) is 2.93. The van der Waals surface area contributed by atoms with Crippen molar-refractivity contribution in [3.63, 3.8) is 0 Å². The van der Waals surface area contributed by atoms with Crippen LogP contribution in [0.15, 0.2) is 30.3 Å². The van der Waals surface area contributed by atoms with Gasteiger partial charge in [-0.15, -0.1) is 0 Å². The summed E-state index contributed by atoms with van der Waals surface area (Å²) in [6.07, 6.45) is 1.63. The number of fused-ring (bicyclic) bond motifs is 2. The van der Waals surface area contributed by atoms with Crippen LogP contribution in [0.4, 0.5) is 0 Å². The Balaban J connectivity index is 1.83. The Morgan fingerprint density at radius 3 is 2.62 bits per heavy atom. The van der Waals surface area contributed by atoms with Gasteiger partial charge in [-0.25, -0.2) is 4.79 Å². The molecule has 24 heavy (non-hydrogen) atoms. The summed E-state index contributed by atoms with van der Waals surface area (Å²) in [5, 5.41) is 2.94. The lowest BCUT2D eigenvalue weighted by atomic mass is 9.85. The smallest absolute Gasteiger partial charge is 0.331 e. The van der Waals surface area contributed by atoms with Gasteiger partial charge in [-0.05, 0) is 31.2 Å². The first-order valence-electron chi connectivity index (χ1n) is 8.62. The van der Waals surface area contributed by atoms with E-state index >= 15 is 0 Å². The predicted octanol–water partition coefficient (Wildman–Crippen LogP) is 2.14. The van der Waals surface area contributed by atoms with E-state index in [4.69, 9.17) is 4.74 Å². The Morgan fingerprint density at radius 1 is 1.29 bits per heavy atom. The number of carbonyl (C=O) groups excluding carboxylic acids is 2. The molecule has 1 aromatic carbocycles. The minimum atomic E-state index is -0.865. The molecule has 1 N–H and O–H groups in total. The molecule has 2 fully saturated rings. The molecule has 0 radical (unpaired) electrons. The Bertz CT molecular complexity index is 618. The molecule has 1 heterocycles. The first kappa shape index (κ1) is 17.0. The van der Waals surface area contributed by atoms with Gasteiger partial charge in [0.15, 0.2) is 0 Å². The largest absolute Gasteiger partial charge is 0.467 e. The van der Waals surface area contributed by atoms with Crippen LogP contribution in [0.2, 0.25) is 0 Å². The molecule has 5 heteroatoms. The fourth-order valence-corrected chi connectivity index (χ4v) is 4.58. The molecule has 1 aromatic rings. The number of amides is 1. The van der Waals surface area contributed by atoms with Crippen molar-refractivity contribution in [2.75, 3.05) is 20.2 Å². The normalized spacial score (nSPS) is 30.6. The van der Waals surface area contributed by atoms with Crippen LogP contribution in [-0.4, -0.2) is 42.5 Å². The number of benzene rings is 1. The molecule has 1 saturated carbocycles. The summed E-state index contributed by atoms with van der Waals surface area (Å²) in [6.45, 7) is 5.42. The molecular formula is C19H26N2O3. The van der Waals surface area contributed by atoms with E-state index in [0.29, 0.717) is 18.4 Å². The molecular weight excluding hydrogens is 304 g/mol. The van der Waals surface area contributed by atoms with E-state index in [0.717, 1.165) is 19.5 Å². The highest BCUT2D eigenvalue weighted by Crippen LogP contribution is 2.46. The predicted molar refractivity (Wildman–Crippen MR) is 91.2 cm³/mol. The molecule has 1 amide bonds. The Morgan fingerprint density at radius 2 is 2.00 bits per heavy atom. The number of ether oxygens (including phenoxy) is 1. The van der Waals surface area contributed by atoms with Gasteiger partial charge in [-0.2, -0.15) is 0 Å². The topological polar surface area (TPSA) is 58.6 Å². The van der Waals surface area contributed by atoms with Crippen LogP contribution >= 0.6 is 0 Å². The number of nitrogens with one attached hydrogen (secondary N) is 1. The quantitative estimate of drug-likeness (QED) is 0.859. The maximum absolute atomic E-state index is 12.5. The molecule has 4 atom stereocenters. The maximum atomic E-state index is 12.5.